The van der Waals surface area contributed by atoms with Gasteiger partial charge < -0.3 is 10.2 Å². The van der Waals surface area contributed by atoms with Gasteiger partial charge in [-0.15, -0.1) is 5.10 Å². The maximum absolute atomic E-state index is 4.80. The lowest BCUT2D eigenvalue weighted by Gasteiger charge is -2.31. The summed E-state index contributed by atoms with van der Waals surface area (Å²) in [5.41, 5.74) is 0. The van der Waals surface area contributed by atoms with Crippen LogP contribution >= 0.6 is 0 Å². The summed E-state index contributed by atoms with van der Waals surface area (Å²) in [5, 5.41) is 11.2. The first-order valence-corrected chi connectivity index (χ1v) is 8.71. The minimum Gasteiger partial charge on any atom is -0.340 e. The molecule has 2 atom stereocenters. The zero-order valence-corrected chi connectivity index (χ0v) is 13.0. The van der Waals surface area contributed by atoms with Gasteiger partial charge in [0.1, 0.15) is 5.82 Å². The average molecular weight is 289 g/mol. The molecule has 0 bridgehead atoms. The second-order valence-electron chi connectivity index (χ2n) is 7.18. The van der Waals surface area contributed by atoms with Crippen LogP contribution in [0.3, 0.4) is 0 Å². The summed E-state index contributed by atoms with van der Waals surface area (Å²) in [6.07, 6.45) is 6.65. The maximum atomic E-state index is 4.80. The Morgan fingerprint density at radius 2 is 1.95 bits per heavy atom. The van der Waals surface area contributed by atoms with Gasteiger partial charge in [-0.2, -0.15) is 4.98 Å². The predicted octanol–water partition coefficient (Wildman–Crippen LogP) is 2.14. The van der Waals surface area contributed by atoms with Crippen molar-refractivity contribution in [1.82, 2.24) is 20.5 Å². The van der Waals surface area contributed by atoms with Crippen LogP contribution in [0.1, 0.15) is 50.8 Å². The van der Waals surface area contributed by atoms with Crippen LogP contribution in [0.5, 0.6) is 0 Å². The van der Waals surface area contributed by atoms with Gasteiger partial charge in [-0.05, 0) is 62.9 Å². The van der Waals surface area contributed by atoms with Crippen LogP contribution in [0.2, 0.25) is 0 Å². The lowest BCUT2D eigenvalue weighted by molar-refractivity contribution is 0.384. The highest BCUT2D eigenvalue weighted by Gasteiger charge is 2.47. The van der Waals surface area contributed by atoms with Crippen LogP contribution in [0, 0.1) is 17.8 Å². The summed E-state index contributed by atoms with van der Waals surface area (Å²) in [6, 6.07) is 0. The van der Waals surface area contributed by atoms with Crippen molar-refractivity contribution in [3.05, 3.63) is 5.82 Å². The van der Waals surface area contributed by atoms with Gasteiger partial charge in [0.2, 0.25) is 5.95 Å². The fourth-order valence-electron chi connectivity index (χ4n) is 4.21. The third-order valence-corrected chi connectivity index (χ3v) is 5.70. The molecular weight excluding hydrogens is 262 g/mol. The summed E-state index contributed by atoms with van der Waals surface area (Å²) in [7, 11) is 0. The van der Waals surface area contributed by atoms with Crippen LogP contribution in [0.15, 0.2) is 0 Å². The maximum Gasteiger partial charge on any atom is 0.244 e. The van der Waals surface area contributed by atoms with Crippen molar-refractivity contribution < 1.29 is 0 Å². The molecule has 116 valence electrons. The summed E-state index contributed by atoms with van der Waals surface area (Å²) in [4.78, 5) is 7.16. The van der Waals surface area contributed by atoms with E-state index in [9.17, 15) is 0 Å². The molecule has 1 aromatic rings. The number of rotatable bonds is 5. The SMILES string of the molecule is CCNCC1CCN(c2n[nH]c(C3CC4CC4C3)n2)CC1. The second kappa shape index (κ2) is 5.59. The monoisotopic (exact) mass is 289 g/mol. The van der Waals surface area contributed by atoms with Crippen molar-refractivity contribution in [2.75, 3.05) is 31.1 Å². The molecule has 2 unspecified atom stereocenters. The van der Waals surface area contributed by atoms with Crippen LogP contribution < -0.4 is 10.2 Å². The number of nitrogens with one attached hydrogen (secondary N) is 2. The van der Waals surface area contributed by atoms with E-state index in [0.29, 0.717) is 5.92 Å². The smallest absolute Gasteiger partial charge is 0.244 e. The molecule has 4 rings (SSSR count). The molecule has 0 radical (unpaired) electrons. The first-order chi connectivity index (χ1) is 10.3. The van der Waals surface area contributed by atoms with Crippen molar-refractivity contribution in [3.63, 3.8) is 0 Å². The Morgan fingerprint density at radius 1 is 1.19 bits per heavy atom. The molecule has 21 heavy (non-hydrogen) atoms. The second-order valence-corrected chi connectivity index (χ2v) is 7.18. The minimum atomic E-state index is 0.654. The van der Waals surface area contributed by atoms with E-state index in [1.165, 1.54) is 32.1 Å². The molecule has 0 aromatic carbocycles. The van der Waals surface area contributed by atoms with Gasteiger partial charge in [0, 0.05) is 19.0 Å². The summed E-state index contributed by atoms with van der Waals surface area (Å²) in [5.74, 6) is 5.57. The van der Waals surface area contributed by atoms with E-state index in [0.717, 1.165) is 55.7 Å². The molecule has 2 saturated carbocycles. The molecule has 3 fully saturated rings. The Kier molecular flexibility index (Phi) is 3.61. The topological polar surface area (TPSA) is 56.8 Å². The van der Waals surface area contributed by atoms with Crippen molar-refractivity contribution in [1.29, 1.82) is 0 Å². The number of hydrogen-bond acceptors (Lipinski definition) is 4. The minimum absolute atomic E-state index is 0.654. The van der Waals surface area contributed by atoms with Crippen molar-refractivity contribution >= 4 is 5.95 Å². The fourth-order valence-corrected chi connectivity index (χ4v) is 4.21. The molecule has 2 N–H and O–H groups in total. The number of aromatic amines is 1. The van der Waals surface area contributed by atoms with Crippen molar-refractivity contribution in [2.24, 2.45) is 17.8 Å². The van der Waals surface area contributed by atoms with Gasteiger partial charge in [-0.25, -0.2) is 0 Å². The van der Waals surface area contributed by atoms with Gasteiger partial charge >= 0.3 is 0 Å². The lowest BCUT2D eigenvalue weighted by atomic mass is 9.97. The van der Waals surface area contributed by atoms with E-state index in [4.69, 9.17) is 4.98 Å². The van der Waals surface area contributed by atoms with Crippen LogP contribution in [0.25, 0.3) is 0 Å². The first kappa shape index (κ1) is 13.6. The van der Waals surface area contributed by atoms with Gasteiger partial charge in [-0.3, -0.25) is 5.10 Å². The fraction of sp³-hybridized carbons (Fsp3) is 0.875. The standard InChI is InChI=1S/C16H27N5/c1-2-17-10-11-3-5-21(6-4-11)16-18-15(19-20-16)14-8-12-7-13(12)9-14/h11-14,17H,2-10H2,1H3,(H,18,19,20). The average Bonchev–Trinajstić information content (AvgIpc) is 2.95. The molecule has 2 heterocycles. The van der Waals surface area contributed by atoms with Crippen molar-refractivity contribution in [3.8, 4) is 0 Å². The summed E-state index contributed by atoms with van der Waals surface area (Å²) in [6.45, 7) is 6.62. The Hall–Kier alpha value is -1.10. The van der Waals surface area contributed by atoms with Gasteiger partial charge in [0.15, 0.2) is 0 Å². The zero-order valence-electron chi connectivity index (χ0n) is 13.0. The molecule has 1 saturated heterocycles. The molecule has 2 aliphatic carbocycles. The quantitative estimate of drug-likeness (QED) is 0.872. The highest BCUT2D eigenvalue weighted by molar-refractivity contribution is 5.30. The Morgan fingerprint density at radius 3 is 2.67 bits per heavy atom. The molecule has 0 spiro atoms. The molecule has 1 aromatic heterocycles. The number of anilines is 1. The van der Waals surface area contributed by atoms with E-state index >= 15 is 0 Å². The highest BCUT2D eigenvalue weighted by atomic mass is 15.4. The molecule has 0 amide bonds. The third-order valence-electron chi connectivity index (χ3n) is 5.70. The number of hydrogen-bond donors (Lipinski definition) is 2. The van der Waals surface area contributed by atoms with Gasteiger partial charge in [-0.1, -0.05) is 6.92 Å². The summed E-state index contributed by atoms with van der Waals surface area (Å²) < 4.78 is 0. The Labute approximate surface area is 126 Å². The van der Waals surface area contributed by atoms with Gasteiger partial charge in [0.05, 0.1) is 0 Å². The normalized spacial score (nSPS) is 32.4. The van der Waals surface area contributed by atoms with Gasteiger partial charge in [0.25, 0.3) is 0 Å². The first-order valence-electron chi connectivity index (χ1n) is 8.71. The number of H-pyrrole nitrogens is 1. The van der Waals surface area contributed by atoms with E-state index in [-0.39, 0.29) is 0 Å². The van der Waals surface area contributed by atoms with Crippen LogP contribution in [0.4, 0.5) is 5.95 Å². The highest BCUT2D eigenvalue weighted by Crippen LogP contribution is 2.57. The lowest BCUT2D eigenvalue weighted by Crippen LogP contribution is -2.37. The molecule has 1 aliphatic heterocycles. The predicted molar refractivity (Wildman–Crippen MR) is 83.4 cm³/mol. The van der Waals surface area contributed by atoms with Crippen LogP contribution in [-0.4, -0.2) is 41.4 Å². The zero-order chi connectivity index (χ0) is 14.2. The van der Waals surface area contributed by atoms with Crippen molar-refractivity contribution in [2.45, 2.75) is 44.9 Å². The number of fused-ring (bicyclic) bond motifs is 1. The van der Waals surface area contributed by atoms with E-state index in [1.54, 1.807) is 0 Å². The number of nitrogens with zero attached hydrogens (tertiary/aromatic N) is 3. The van der Waals surface area contributed by atoms with E-state index in [2.05, 4.69) is 27.3 Å². The Bertz CT molecular complexity index is 467. The molecule has 3 aliphatic rings. The van der Waals surface area contributed by atoms with E-state index < -0.39 is 0 Å². The van der Waals surface area contributed by atoms with E-state index in [1.807, 2.05) is 0 Å². The molecule has 5 nitrogen and oxygen atoms in total. The number of aromatic nitrogens is 3. The van der Waals surface area contributed by atoms with Crippen LogP contribution in [-0.2, 0) is 0 Å². The third kappa shape index (κ3) is 2.80. The Balaban J connectivity index is 1.32. The molecule has 5 heteroatoms. The largest absolute Gasteiger partial charge is 0.340 e. The summed E-state index contributed by atoms with van der Waals surface area (Å²) >= 11 is 0. The molecular formula is C16H27N5. The number of piperidine rings is 1.